The van der Waals surface area contributed by atoms with Crippen LogP contribution in [-0.4, -0.2) is 30.7 Å². The van der Waals surface area contributed by atoms with Crippen LogP contribution >= 0.6 is 0 Å². The molecule has 2 aromatic carbocycles. The van der Waals surface area contributed by atoms with Crippen molar-refractivity contribution in [3.05, 3.63) is 65.4 Å². The van der Waals surface area contributed by atoms with Gasteiger partial charge in [-0.3, -0.25) is 0 Å². The molecule has 0 bridgehead atoms. The topological polar surface area (TPSA) is 66.2 Å². The van der Waals surface area contributed by atoms with Gasteiger partial charge in [0, 0.05) is 23.6 Å². The van der Waals surface area contributed by atoms with Crippen molar-refractivity contribution in [2.24, 2.45) is 0 Å². The Morgan fingerprint density at radius 1 is 1.00 bits per heavy atom. The van der Waals surface area contributed by atoms with Gasteiger partial charge >= 0.3 is 6.03 Å². The second-order valence-electron chi connectivity index (χ2n) is 7.28. The number of fused-ring (bicyclic) bond motifs is 2. The number of para-hydroxylation sites is 1. The summed E-state index contributed by atoms with van der Waals surface area (Å²) in [5, 5.41) is 6.97. The number of carbonyl (C=O) groups excluding carboxylic acids is 1. The molecule has 0 saturated heterocycles. The molecule has 1 aliphatic carbocycles. The molecule has 3 N–H and O–H groups in total. The van der Waals surface area contributed by atoms with Gasteiger partial charge in [-0.05, 0) is 67.0 Å². The van der Waals surface area contributed by atoms with Gasteiger partial charge in [0.2, 0.25) is 0 Å². The Morgan fingerprint density at radius 2 is 1.82 bits per heavy atom. The number of aryl methyl sites for hydroxylation is 2. The zero-order valence-electron chi connectivity index (χ0n) is 16.1. The fraction of sp³-hybridized carbons (Fsp3) is 0.348. The molecule has 0 atom stereocenters. The van der Waals surface area contributed by atoms with Crippen LogP contribution in [0, 0.1) is 0 Å². The quantitative estimate of drug-likeness (QED) is 0.546. The van der Waals surface area contributed by atoms with E-state index >= 15 is 0 Å². The number of hydrogen-bond donors (Lipinski definition) is 3. The van der Waals surface area contributed by atoms with Crippen LogP contribution in [-0.2, 0) is 19.3 Å². The molecule has 3 aromatic rings. The van der Waals surface area contributed by atoms with E-state index in [4.69, 9.17) is 4.74 Å². The predicted molar refractivity (Wildman–Crippen MR) is 112 cm³/mol. The molecule has 146 valence electrons. The number of amides is 2. The van der Waals surface area contributed by atoms with Gasteiger partial charge in [-0.15, -0.1) is 0 Å². The summed E-state index contributed by atoms with van der Waals surface area (Å²) < 4.78 is 5.79. The molecule has 4 rings (SSSR count). The van der Waals surface area contributed by atoms with Crippen LogP contribution in [0.1, 0.15) is 29.5 Å². The van der Waals surface area contributed by atoms with Gasteiger partial charge < -0.3 is 20.4 Å². The molecule has 0 spiro atoms. The molecule has 5 heteroatoms. The summed E-state index contributed by atoms with van der Waals surface area (Å²) >= 11 is 0. The van der Waals surface area contributed by atoms with E-state index in [9.17, 15) is 4.79 Å². The number of ether oxygens (including phenoxy) is 1. The van der Waals surface area contributed by atoms with E-state index in [1.165, 1.54) is 41.3 Å². The molecule has 1 heterocycles. The Bertz CT molecular complexity index is 948. The SMILES string of the molecule is O=C(NCCOc1ccc2c(c1)CCCC2)NCCc1c[nH]c2ccccc12. The molecular weight excluding hydrogens is 350 g/mol. The highest BCUT2D eigenvalue weighted by Crippen LogP contribution is 2.25. The van der Waals surface area contributed by atoms with Crippen molar-refractivity contribution < 1.29 is 9.53 Å². The van der Waals surface area contributed by atoms with Crippen molar-refractivity contribution in [3.8, 4) is 5.75 Å². The van der Waals surface area contributed by atoms with E-state index in [0.29, 0.717) is 19.7 Å². The Morgan fingerprint density at radius 3 is 2.75 bits per heavy atom. The monoisotopic (exact) mass is 377 g/mol. The molecule has 0 saturated carbocycles. The van der Waals surface area contributed by atoms with Crippen LogP contribution in [0.3, 0.4) is 0 Å². The molecule has 0 fully saturated rings. The van der Waals surface area contributed by atoms with Crippen molar-refractivity contribution in [2.45, 2.75) is 32.1 Å². The van der Waals surface area contributed by atoms with E-state index < -0.39 is 0 Å². The second-order valence-corrected chi connectivity index (χ2v) is 7.28. The summed E-state index contributed by atoms with van der Waals surface area (Å²) in [5.41, 5.74) is 5.20. The van der Waals surface area contributed by atoms with Crippen molar-refractivity contribution in [2.75, 3.05) is 19.7 Å². The lowest BCUT2D eigenvalue weighted by atomic mass is 9.92. The number of H-pyrrole nitrogens is 1. The van der Waals surface area contributed by atoms with E-state index in [2.05, 4.69) is 39.9 Å². The van der Waals surface area contributed by atoms with Crippen LogP contribution in [0.25, 0.3) is 10.9 Å². The highest BCUT2D eigenvalue weighted by molar-refractivity contribution is 5.83. The zero-order valence-corrected chi connectivity index (χ0v) is 16.1. The lowest BCUT2D eigenvalue weighted by Gasteiger charge is -2.17. The van der Waals surface area contributed by atoms with Crippen LogP contribution in [0.15, 0.2) is 48.7 Å². The van der Waals surface area contributed by atoms with Crippen LogP contribution in [0.2, 0.25) is 0 Å². The second kappa shape index (κ2) is 8.83. The summed E-state index contributed by atoms with van der Waals surface area (Å²) in [6, 6.07) is 14.4. The number of benzene rings is 2. The first-order chi connectivity index (χ1) is 13.8. The standard InChI is InChI=1S/C23H27N3O2/c27-23(24-12-11-19-16-26-22-8-4-3-7-21(19)22)25-13-14-28-20-10-9-17-5-1-2-6-18(17)15-20/h3-4,7-10,15-16,26H,1-2,5-6,11-14H2,(H2,24,25,27). The molecule has 1 aliphatic rings. The lowest BCUT2D eigenvalue weighted by Crippen LogP contribution is -2.38. The number of urea groups is 1. The number of aromatic amines is 1. The maximum atomic E-state index is 12.0. The minimum absolute atomic E-state index is 0.158. The molecule has 1 aromatic heterocycles. The third-order valence-corrected chi connectivity index (χ3v) is 5.33. The third-order valence-electron chi connectivity index (χ3n) is 5.33. The Hall–Kier alpha value is -2.95. The van der Waals surface area contributed by atoms with E-state index in [1.807, 2.05) is 24.4 Å². The summed E-state index contributed by atoms with van der Waals surface area (Å²) in [6.45, 7) is 1.55. The zero-order chi connectivity index (χ0) is 19.2. The molecule has 0 aliphatic heterocycles. The highest BCUT2D eigenvalue weighted by Gasteiger charge is 2.10. The van der Waals surface area contributed by atoms with Crippen molar-refractivity contribution >= 4 is 16.9 Å². The average Bonchev–Trinajstić information content (AvgIpc) is 3.14. The highest BCUT2D eigenvalue weighted by atomic mass is 16.5. The fourth-order valence-electron chi connectivity index (χ4n) is 3.84. The van der Waals surface area contributed by atoms with Crippen LogP contribution < -0.4 is 15.4 Å². The molecule has 28 heavy (non-hydrogen) atoms. The van der Waals surface area contributed by atoms with Gasteiger partial charge in [-0.25, -0.2) is 4.79 Å². The summed E-state index contributed by atoms with van der Waals surface area (Å²) in [5.74, 6) is 0.891. The van der Waals surface area contributed by atoms with Gasteiger partial charge in [0.15, 0.2) is 0 Å². The van der Waals surface area contributed by atoms with Crippen molar-refractivity contribution in [1.82, 2.24) is 15.6 Å². The third kappa shape index (κ3) is 4.47. The number of carbonyl (C=O) groups is 1. The maximum Gasteiger partial charge on any atom is 0.314 e. The predicted octanol–water partition coefficient (Wildman–Crippen LogP) is 3.97. The van der Waals surface area contributed by atoms with E-state index in [1.54, 1.807) is 0 Å². The lowest BCUT2D eigenvalue weighted by molar-refractivity contribution is 0.236. The number of rotatable bonds is 7. The molecule has 0 unspecified atom stereocenters. The molecule has 2 amide bonds. The largest absolute Gasteiger partial charge is 0.492 e. The molecule has 0 radical (unpaired) electrons. The Balaban J connectivity index is 1.15. The minimum Gasteiger partial charge on any atom is -0.492 e. The van der Waals surface area contributed by atoms with Gasteiger partial charge in [0.25, 0.3) is 0 Å². The van der Waals surface area contributed by atoms with Gasteiger partial charge in [-0.2, -0.15) is 0 Å². The Kier molecular flexibility index (Phi) is 5.80. The van der Waals surface area contributed by atoms with Gasteiger partial charge in [-0.1, -0.05) is 24.3 Å². The summed E-state index contributed by atoms with van der Waals surface area (Å²) in [6.07, 6.45) is 7.67. The van der Waals surface area contributed by atoms with Crippen molar-refractivity contribution in [3.63, 3.8) is 0 Å². The first kappa shape index (κ1) is 18.4. The van der Waals surface area contributed by atoms with Crippen molar-refractivity contribution in [1.29, 1.82) is 0 Å². The first-order valence-corrected chi connectivity index (χ1v) is 10.1. The van der Waals surface area contributed by atoms with Crippen LogP contribution in [0.4, 0.5) is 4.79 Å². The fourth-order valence-corrected chi connectivity index (χ4v) is 3.84. The van der Waals surface area contributed by atoms with Crippen LogP contribution in [0.5, 0.6) is 5.75 Å². The summed E-state index contributed by atoms with van der Waals surface area (Å²) in [4.78, 5) is 15.2. The number of nitrogens with one attached hydrogen (secondary N) is 3. The van der Waals surface area contributed by atoms with E-state index in [0.717, 1.165) is 24.1 Å². The van der Waals surface area contributed by atoms with Gasteiger partial charge in [0.05, 0.1) is 6.54 Å². The minimum atomic E-state index is -0.158. The average molecular weight is 377 g/mol. The van der Waals surface area contributed by atoms with E-state index in [-0.39, 0.29) is 6.03 Å². The summed E-state index contributed by atoms with van der Waals surface area (Å²) in [7, 11) is 0. The smallest absolute Gasteiger partial charge is 0.314 e. The number of hydrogen-bond acceptors (Lipinski definition) is 2. The molecular formula is C23H27N3O2. The maximum absolute atomic E-state index is 12.0. The normalized spacial score (nSPS) is 13.1. The first-order valence-electron chi connectivity index (χ1n) is 10.1. The number of aromatic nitrogens is 1. The van der Waals surface area contributed by atoms with Gasteiger partial charge in [0.1, 0.15) is 12.4 Å². The Labute approximate surface area is 165 Å². The molecule has 5 nitrogen and oxygen atoms in total.